The molecule has 2 heteroatoms. The van der Waals surface area contributed by atoms with Crippen LogP contribution in [0.3, 0.4) is 0 Å². The molecule has 0 N–H and O–H groups in total. The smallest absolute Gasteiger partial charge is 0.0808 e. The van der Waals surface area contributed by atoms with Crippen LogP contribution >= 0.6 is 0 Å². The van der Waals surface area contributed by atoms with Gasteiger partial charge in [-0.1, -0.05) is 43.2 Å². The van der Waals surface area contributed by atoms with E-state index < -0.39 is 0 Å². The number of aryl methyl sites for hydroxylation is 1. The van der Waals surface area contributed by atoms with Crippen LogP contribution < -0.4 is 4.90 Å². The van der Waals surface area contributed by atoms with Crippen molar-refractivity contribution in [3.8, 4) is 0 Å². The van der Waals surface area contributed by atoms with Gasteiger partial charge in [-0.25, -0.2) is 0 Å². The zero-order chi connectivity index (χ0) is 16.2. The minimum Gasteiger partial charge on any atom is -0.351 e. The summed E-state index contributed by atoms with van der Waals surface area (Å²) in [5.74, 6) is 0.829. The number of nitrogens with zero attached hydrogens (tertiary/aromatic N) is 2. The molecular weight excluding hydrogens is 280 g/mol. The molecule has 2 nitrogen and oxygen atoms in total. The van der Waals surface area contributed by atoms with E-state index in [1.54, 1.807) is 0 Å². The minimum absolute atomic E-state index is 0.242. The number of hydrogen-bond acceptors (Lipinski definition) is 2. The van der Waals surface area contributed by atoms with Crippen LogP contribution in [-0.2, 0) is 0 Å². The van der Waals surface area contributed by atoms with E-state index in [0.717, 1.165) is 5.92 Å². The maximum atomic E-state index is 2.81. The summed E-state index contributed by atoms with van der Waals surface area (Å²) in [5, 5.41) is 0. The number of anilines is 1. The van der Waals surface area contributed by atoms with Gasteiger partial charge in [-0.2, -0.15) is 0 Å². The molecule has 1 saturated carbocycles. The summed E-state index contributed by atoms with van der Waals surface area (Å²) in [4.78, 5) is 5.46. The number of fused-ring (bicyclic) bond motifs is 1. The van der Waals surface area contributed by atoms with Crippen LogP contribution in [-0.4, -0.2) is 28.7 Å². The zero-order valence-electron chi connectivity index (χ0n) is 15.0. The lowest BCUT2D eigenvalue weighted by molar-refractivity contribution is 0.0772. The van der Waals surface area contributed by atoms with Crippen LogP contribution in [0.4, 0.5) is 5.69 Å². The van der Waals surface area contributed by atoms with E-state index in [1.165, 1.54) is 36.9 Å². The number of hydrogen-bond donors (Lipinski definition) is 0. The van der Waals surface area contributed by atoms with Gasteiger partial charge in [0, 0.05) is 17.3 Å². The Balaban J connectivity index is 1.70. The fraction of sp³-hybridized carbons (Fsp3) is 0.619. The van der Waals surface area contributed by atoms with Crippen molar-refractivity contribution in [1.29, 1.82) is 0 Å². The molecule has 2 heterocycles. The molecule has 0 amide bonds. The van der Waals surface area contributed by atoms with Gasteiger partial charge in [0.2, 0.25) is 0 Å². The summed E-state index contributed by atoms with van der Waals surface area (Å²) < 4.78 is 0. The first-order chi connectivity index (χ1) is 11.0. The first-order valence-corrected chi connectivity index (χ1v) is 9.36. The van der Waals surface area contributed by atoms with Crippen LogP contribution in [0.2, 0.25) is 0 Å². The van der Waals surface area contributed by atoms with Gasteiger partial charge in [-0.15, -0.1) is 0 Å². The van der Waals surface area contributed by atoms with Crippen LogP contribution in [0.25, 0.3) is 0 Å². The lowest BCUT2D eigenvalue weighted by Crippen LogP contribution is -2.52. The lowest BCUT2D eigenvalue weighted by Gasteiger charge is -2.43. The van der Waals surface area contributed by atoms with Crippen molar-refractivity contribution in [3.05, 3.63) is 42.0 Å². The molecule has 2 aliphatic heterocycles. The van der Waals surface area contributed by atoms with E-state index in [2.05, 4.69) is 73.9 Å². The minimum atomic E-state index is 0.242. The molecule has 2 fully saturated rings. The van der Waals surface area contributed by atoms with Crippen molar-refractivity contribution in [3.63, 3.8) is 0 Å². The fourth-order valence-electron chi connectivity index (χ4n) is 5.61. The maximum Gasteiger partial charge on any atom is 0.0808 e. The van der Waals surface area contributed by atoms with Gasteiger partial charge < -0.3 is 4.90 Å². The van der Waals surface area contributed by atoms with Crippen molar-refractivity contribution >= 4 is 5.69 Å². The summed E-state index contributed by atoms with van der Waals surface area (Å²) in [7, 11) is 0. The van der Waals surface area contributed by atoms with Crippen LogP contribution in [0.15, 0.2) is 36.4 Å². The molecule has 3 aliphatic rings. The van der Waals surface area contributed by atoms with Crippen molar-refractivity contribution in [1.82, 2.24) is 4.90 Å². The van der Waals surface area contributed by atoms with E-state index in [0.29, 0.717) is 18.2 Å². The molecule has 4 atom stereocenters. The van der Waals surface area contributed by atoms with Crippen LogP contribution in [0, 0.1) is 12.8 Å². The standard InChI is InChI=1S/C21H30N2/c1-15-9-5-8-12-19(15)22-16(2)20-13-14-21(4,23(20)17(22)3)18-10-6-7-11-18/h5,8-9,12-14,16-18,20H,6-7,10-11H2,1-4H3/t16-,17?,20?,21?/m0/s1. The normalized spacial score (nSPS) is 37.7. The third-order valence-corrected chi connectivity index (χ3v) is 6.82. The Hall–Kier alpha value is -1.28. The van der Waals surface area contributed by atoms with Crippen molar-refractivity contribution in [2.24, 2.45) is 5.92 Å². The number of benzene rings is 1. The molecule has 0 radical (unpaired) electrons. The Bertz CT molecular complexity index is 616. The highest BCUT2D eigenvalue weighted by Crippen LogP contribution is 2.48. The Labute approximate surface area is 141 Å². The summed E-state index contributed by atoms with van der Waals surface area (Å²) in [6.45, 7) is 9.54. The van der Waals surface area contributed by atoms with Gasteiger partial charge >= 0.3 is 0 Å². The van der Waals surface area contributed by atoms with E-state index in [9.17, 15) is 0 Å². The first-order valence-electron chi connectivity index (χ1n) is 9.36. The average Bonchev–Trinajstić information content (AvgIpc) is 3.22. The SMILES string of the molecule is Cc1ccccc1N1C(C)N2C(C=CC2(C)C2CCCC2)[C@@H]1C. The van der Waals surface area contributed by atoms with Gasteiger partial charge in [0.15, 0.2) is 0 Å². The van der Waals surface area contributed by atoms with Gasteiger partial charge in [0.05, 0.1) is 12.2 Å². The molecule has 4 rings (SSSR count). The second-order valence-corrected chi connectivity index (χ2v) is 8.03. The molecule has 0 spiro atoms. The molecule has 124 valence electrons. The molecule has 1 aromatic rings. The maximum absolute atomic E-state index is 2.81. The zero-order valence-corrected chi connectivity index (χ0v) is 15.0. The van der Waals surface area contributed by atoms with E-state index in [1.807, 2.05) is 0 Å². The first kappa shape index (κ1) is 15.3. The topological polar surface area (TPSA) is 6.48 Å². The largest absolute Gasteiger partial charge is 0.351 e. The Morgan fingerprint density at radius 2 is 1.78 bits per heavy atom. The average molecular weight is 310 g/mol. The predicted octanol–water partition coefficient (Wildman–Crippen LogP) is 4.74. The third kappa shape index (κ3) is 2.11. The lowest BCUT2D eigenvalue weighted by atomic mass is 9.83. The Kier molecular flexibility index (Phi) is 3.57. The monoisotopic (exact) mass is 310 g/mol. The summed E-state index contributed by atoms with van der Waals surface area (Å²) >= 11 is 0. The third-order valence-electron chi connectivity index (χ3n) is 6.82. The fourth-order valence-corrected chi connectivity index (χ4v) is 5.61. The van der Waals surface area contributed by atoms with E-state index in [-0.39, 0.29) is 5.54 Å². The quantitative estimate of drug-likeness (QED) is 0.728. The highest BCUT2D eigenvalue weighted by molar-refractivity contribution is 5.57. The molecule has 1 aromatic carbocycles. The summed E-state index contributed by atoms with van der Waals surface area (Å²) in [6.07, 6.45) is 11.1. The Morgan fingerprint density at radius 3 is 2.48 bits per heavy atom. The molecule has 1 aliphatic carbocycles. The predicted molar refractivity (Wildman–Crippen MR) is 97.7 cm³/mol. The van der Waals surface area contributed by atoms with E-state index >= 15 is 0 Å². The highest BCUT2D eigenvalue weighted by atomic mass is 15.5. The van der Waals surface area contributed by atoms with Gasteiger partial charge in [0.25, 0.3) is 0 Å². The van der Waals surface area contributed by atoms with Crippen molar-refractivity contribution in [2.45, 2.75) is 77.2 Å². The number of para-hydroxylation sites is 1. The van der Waals surface area contributed by atoms with Crippen LogP contribution in [0.5, 0.6) is 0 Å². The molecule has 0 aromatic heterocycles. The summed E-state index contributed by atoms with van der Waals surface area (Å²) in [6, 6.07) is 9.94. The molecular formula is C21H30N2. The summed E-state index contributed by atoms with van der Waals surface area (Å²) in [5.41, 5.74) is 3.04. The van der Waals surface area contributed by atoms with Crippen molar-refractivity contribution < 1.29 is 0 Å². The van der Waals surface area contributed by atoms with E-state index in [4.69, 9.17) is 0 Å². The molecule has 0 bridgehead atoms. The molecule has 1 saturated heterocycles. The van der Waals surface area contributed by atoms with Gasteiger partial charge in [-0.3, -0.25) is 4.90 Å². The molecule has 3 unspecified atom stereocenters. The van der Waals surface area contributed by atoms with Gasteiger partial charge in [-0.05, 0) is 58.1 Å². The Morgan fingerprint density at radius 1 is 1.09 bits per heavy atom. The van der Waals surface area contributed by atoms with Crippen molar-refractivity contribution in [2.75, 3.05) is 4.90 Å². The number of rotatable bonds is 2. The molecule has 23 heavy (non-hydrogen) atoms. The highest BCUT2D eigenvalue weighted by Gasteiger charge is 2.54. The second-order valence-electron chi connectivity index (χ2n) is 8.03. The second kappa shape index (κ2) is 5.37. The van der Waals surface area contributed by atoms with Gasteiger partial charge in [0.1, 0.15) is 0 Å². The van der Waals surface area contributed by atoms with Crippen LogP contribution in [0.1, 0.15) is 52.0 Å².